The third kappa shape index (κ3) is 5.08. The Kier molecular flexibility index (Phi) is 7.37. The molecular formula is C19H33N3. The van der Waals surface area contributed by atoms with Gasteiger partial charge in [-0.2, -0.15) is 0 Å². The SMILES string of the molecule is CCNCc1ccc2c(c1)CN(CCCCN(CC)CC)C2. The molecule has 0 radical (unpaired) electrons. The van der Waals surface area contributed by atoms with Crippen molar-refractivity contribution in [2.24, 2.45) is 0 Å². The fraction of sp³-hybridized carbons (Fsp3) is 0.684. The lowest BCUT2D eigenvalue weighted by Crippen LogP contribution is -2.25. The molecule has 0 amide bonds. The normalized spacial score (nSPS) is 14.7. The zero-order valence-electron chi connectivity index (χ0n) is 14.7. The maximum Gasteiger partial charge on any atom is 0.0240 e. The van der Waals surface area contributed by atoms with Crippen molar-refractivity contribution < 1.29 is 0 Å². The molecule has 1 N–H and O–H groups in total. The summed E-state index contributed by atoms with van der Waals surface area (Å²) in [5, 5.41) is 3.41. The molecule has 2 rings (SSSR count). The molecule has 1 aliphatic heterocycles. The van der Waals surface area contributed by atoms with E-state index >= 15 is 0 Å². The van der Waals surface area contributed by atoms with E-state index in [0.717, 1.165) is 26.2 Å². The van der Waals surface area contributed by atoms with E-state index in [1.165, 1.54) is 50.1 Å². The molecule has 1 aromatic rings. The van der Waals surface area contributed by atoms with Crippen LogP contribution >= 0.6 is 0 Å². The van der Waals surface area contributed by atoms with Crippen LogP contribution < -0.4 is 5.32 Å². The van der Waals surface area contributed by atoms with Crippen LogP contribution in [0.15, 0.2) is 18.2 Å². The number of fused-ring (bicyclic) bond motifs is 1. The number of benzene rings is 1. The quantitative estimate of drug-likeness (QED) is 0.670. The van der Waals surface area contributed by atoms with Gasteiger partial charge in [0, 0.05) is 19.6 Å². The maximum atomic E-state index is 3.41. The summed E-state index contributed by atoms with van der Waals surface area (Å²) in [5.74, 6) is 0. The van der Waals surface area contributed by atoms with Crippen molar-refractivity contribution in [3.05, 3.63) is 34.9 Å². The third-order valence-corrected chi connectivity index (χ3v) is 4.73. The minimum atomic E-state index is 0.994. The fourth-order valence-corrected chi connectivity index (χ4v) is 3.27. The lowest BCUT2D eigenvalue weighted by atomic mass is 10.1. The molecule has 0 aliphatic carbocycles. The number of nitrogens with zero attached hydrogens (tertiary/aromatic N) is 2. The Balaban J connectivity index is 1.73. The minimum Gasteiger partial charge on any atom is -0.313 e. The topological polar surface area (TPSA) is 18.5 Å². The zero-order chi connectivity index (χ0) is 15.8. The molecule has 124 valence electrons. The van der Waals surface area contributed by atoms with Crippen LogP contribution in [0.25, 0.3) is 0 Å². The van der Waals surface area contributed by atoms with E-state index < -0.39 is 0 Å². The summed E-state index contributed by atoms with van der Waals surface area (Å²) in [7, 11) is 0. The Morgan fingerprint density at radius 1 is 1.05 bits per heavy atom. The summed E-state index contributed by atoms with van der Waals surface area (Å²) >= 11 is 0. The second-order valence-electron chi connectivity index (χ2n) is 6.33. The average Bonchev–Trinajstić information content (AvgIpc) is 2.95. The molecule has 3 heteroatoms. The van der Waals surface area contributed by atoms with Crippen LogP contribution in [0.4, 0.5) is 0 Å². The van der Waals surface area contributed by atoms with Crippen LogP contribution in [0.3, 0.4) is 0 Å². The first-order chi connectivity index (χ1) is 10.8. The van der Waals surface area contributed by atoms with Gasteiger partial charge in [-0.3, -0.25) is 4.90 Å². The van der Waals surface area contributed by atoms with Gasteiger partial charge in [0.25, 0.3) is 0 Å². The van der Waals surface area contributed by atoms with Crippen molar-refractivity contribution >= 4 is 0 Å². The van der Waals surface area contributed by atoms with Gasteiger partial charge in [0.2, 0.25) is 0 Å². The highest BCUT2D eigenvalue weighted by Gasteiger charge is 2.18. The number of hydrogen-bond donors (Lipinski definition) is 1. The summed E-state index contributed by atoms with van der Waals surface area (Å²) in [5.41, 5.74) is 4.49. The van der Waals surface area contributed by atoms with E-state index in [9.17, 15) is 0 Å². The molecule has 0 spiro atoms. The Morgan fingerprint density at radius 2 is 1.82 bits per heavy atom. The van der Waals surface area contributed by atoms with Gasteiger partial charge >= 0.3 is 0 Å². The first-order valence-corrected chi connectivity index (χ1v) is 9.02. The fourth-order valence-electron chi connectivity index (χ4n) is 3.27. The summed E-state index contributed by atoms with van der Waals surface area (Å²) < 4.78 is 0. The molecule has 1 heterocycles. The van der Waals surface area contributed by atoms with Crippen LogP contribution in [-0.4, -0.2) is 42.5 Å². The predicted molar refractivity (Wildman–Crippen MR) is 95.0 cm³/mol. The standard InChI is InChI=1S/C19H33N3/c1-4-20-14-17-9-10-18-15-22(16-19(18)13-17)12-8-7-11-21(5-2)6-3/h9-10,13,20H,4-8,11-12,14-16H2,1-3H3. The predicted octanol–water partition coefficient (Wildman–Crippen LogP) is 3.23. The van der Waals surface area contributed by atoms with Crippen LogP contribution in [0.1, 0.15) is 50.3 Å². The van der Waals surface area contributed by atoms with E-state index in [4.69, 9.17) is 0 Å². The van der Waals surface area contributed by atoms with Gasteiger partial charge in [-0.25, -0.2) is 0 Å². The van der Waals surface area contributed by atoms with Gasteiger partial charge in [-0.15, -0.1) is 0 Å². The molecule has 3 nitrogen and oxygen atoms in total. The van der Waals surface area contributed by atoms with Gasteiger partial charge in [-0.05, 0) is 62.3 Å². The van der Waals surface area contributed by atoms with Crippen molar-refractivity contribution in [1.82, 2.24) is 15.1 Å². The van der Waals surface area contributed by atoms with Crippen LogP contribution in [0.2, 0.25) is 0 Å². The van der Waals surface area contributed by atoms with Crippen LogP contribution in [0.5, 0.6) is 0 Å². The number of nitrogens with one attached hydrogen (secondary N) is 1. The maximum absolute atomic E-state index is 3.41. The molecule has 0 saturated carbocycles. The van der Waals surface area contributed by atoms with Gasteiger partial charge in [0.15, 0.2) is 0 Å². The van der Waals surface area contributed by atoms with E-state index in [2.05, 4.69) is 54.1 Å². The Labute approximate surface area is 136 Å². The number of hydrogen-bond acceptors (Lipinski definition) is 3. The summed E-state index contributed by atoms with van der Waals surface area (Å²) in [4.78, 5) is 5.12. The average molecular weight is 303 g/mol. The molecule has 22 heavy (non-hydrogen) atoms. The van der Waals surface area contributed by atoms with Gasteiger partial charge in [0.1, 0.15) is 0 Å². The van der Waals surface area contributed by atoms with E-state index in [-0.39, 0.29) is 0 Å². The van der Waals surface area contributed by atoms with Crippen molar-refractivity contribution in [2.75, 3.05) is 32.7 Å². The monoisotopic (exact) mass is 303 g/mol. The third-order valence-electron chi connectivity index (χ3n) is 4.73. The zero-order valence-corrected chi connectivity index (χ0v) is 14.7. The second kappa shape index (κ2) is 9.29. The van der Waals surface area contributed by atoms with Gasteiger partial charge in [0.05, 0.1) is 0 Å². The van der Waals surface area contributed by atoms with Crippen LogP contribution in [0, 0.1) is 0 Å². The van der Waals surface area contributed by atoms with Crippen molar-refractivity contribution in [3.8, 4) is 0 Å². The van der Waals surface area contributed by atoms with Crippen molar-refractivity contribution in [1.29, 1.82) is 0 Å². The molecule has 0 aromatic heterocycles. The first-order valence-electron chi connectivity index (χ1n) is 9.02. The highest BCUT2D eigenvalue weighted by Crippen LogP contribution is 2.24. The smallest absolute Gasteiger partial charge is 0.0240 e. The molecule has 1 aliphatic rings. The number of unbranched alkanes of at least 4 members (excludes halogenated alkanes) is 1. The van der Waals surface area contributed by atoms with E-state index in [1.54, 1.807) is 5.56 Å². The van der Waals surface area contributed by atoms with Crippen molar-refractivity contribution in [2.45, 2.75) is 53.2 Å². The van der Waals surface area contributed by atoms with E-state index in [0.29, 0.717) is 0 Å². The van der Waals surface area contributed by atoms with Crippen LogP contribution in [-0.2, 0) is 19.6 Å². The first kappa shape index (κ1) is 17.5. The van der Waals surface area contributed by atoms with Crippen molar-refractivity contribution in [3.63, 3.8) is 0 Å². The highest BCUT2D eigenvalue weighted by atomic mass is 15.1. The lowest BCUT2D eigenvalue weighted by Gasteiger charge is -2.19. The molecule has 1 aromatic carbocycles. The summed E-state index contributed by atoms with van der Waals surface area (Å²) in [6, 6.07) is 7.01. The molecule has 0 saturated heterocycles. The summed E-state index contributed by atoms with van der Waals surface area (Å²) in [6.07, 6.45) is 2.63. The minimum absolute atomic E-state index is 0.994. The Hall–Kier alpha value is -0.900. The van der Waals surface area contributed by atoms with Gasteiger partial charge < -0.3 is 10.2 Å². The molecule has 0 atom stereocenters. The Morgan fingerprint density at radius 3 is 2.55 bits per heavy atom. The molecule has 0 unspecified atom stereocenters. The Bertz CT molecular complexity index is 440. The largest absolute Gasteiger partial charge is 0.313 e. The summed E-state index contributed by atoms with van der Waals surface area (Å²) in [6.45, 7) is 15.8. The number of rotatable bonds is 10. The highest BCUT2D eigenvalue weighted by molar-refractivity contribution is 5.34. The van der Waals surface area contributed by atoms with Gasteiger partial charge in [-0.1, -0.05) is 39.0 Å². The van der Waals surface area contributed by atoms with E-state index in [1.807, 2.05) is 0 Å². The molecular weight excluding hydrogens is 270 g/mol. The lowest BCUT2D eigenvalue weighted by molar-refractivity contribution is 0.255. The molecule has 0 fully saturated rings. The molecule has 0 bridgehead atoms. The second-order valence-corrected chi connectivity index (χ2v) is 6.33.